The second-order valence-electron chi connectivity index (χ2n) is 6.06. The maximum atomic E-state index is 5.52. The summed E-state index contributed by atoms with van der Waals surface area (Å²) in [6.45, 7) is 11.3. The minimum atomic E-state index is 0.424. The molecule has 0 aromatic carbocycles. The fourth-order valence-corrected chi connectivity index (χ4v) is 2.47. The number of ether oxygens (including phenoxy) is 1. The second kappa shape index (κ2) is 6.17. The van der Waals surface area contributed by atoms with Crippen LogP contribution >= 0.6 is 0 Å². The highest BCUT2D eigenvalue weighted by molar-refractivity contribution is 4.86. The van der Waals surface area contributed by atoms with Crippen LogP contribution in [0.4, 0.5) is 0 Å². The number of nitrogens with zero attached hydrogens (tertiary/aromatic N) is 1. The lowest BCUT2D eigenvalue weighted by Crippen LogP contribution is -2.43. The van der Waals surface area contributed by atoms with Gasteiger partial charge in [0.15, 0.2) is 0 Å². The van der Waals surface area contributed by atoms with Gasteiger partial charge in [-0.05, 0) is 31.1 Å². The SMILES string of the molecule is CCC(C)(CNC1CC1)CN1CCCOCC1. The smallest absolute Gasteiger partial charge is 0.0593 e. The molecule has 1 unspecified atom stereocenters. The molecule has 0 aromatic heterocycles. The van der Waals surface area contributed by atoms with Gasteiger partial charge in [0.2, 0.25) is 0 Å². The molecule has 0 amide bonds. The van der Waals surface area contributed by atoms with Crippen molar-refractivity contribution in [2.75, 3.05) is 39.4 Å². The van der Waals surface area contributed by atoms with Gasteiger partial charge in [0.25, 0.3) is 0 Å². The standard InChI is InChI=1S/C14H28N2O/c1-3-14(2,11-15-13-5-6-13)12-16-7-4-9-17-10-8-16/h13,15H,3-12H2,1-2H3. The summed E-state index contributed by atoms with van der Waals surface area (Å²) in [6.07, 6.45) is 5.22. The molecule has 0 spiro atoms. The van der Waals surface area contributed by atoms with Gasteiger partial charge in [0, 0.05) is 38.8 Å². The summed E-state index contributed by atoms with van der Waals surface area (Å²) in [5.41, 5.74) is 0.424. The van der Waals surface area contributed by atoms with Crippen LogP contribution in [0.15, 0.2) is 0 Å². The van der Waals surface area contributed by atoms with E-state index < -0.39 is 0 Å². The molecule has 1 saturated heterocycles. The summed E-state index contributed by atoms with van der Waals surface area (Å²) in [5.74, 6) is 0. The van der Waals surface area contributed by atoms with E-state index in [1.165, 1.54) is 45.3 Å². The molecule has 17 heavy (non-hydrogen) atoms. The Morgan fingerprint density at radius 2 is 2.12 bits per heavy atom. The normalized spacial score (nSPS) is 26.5. The molecular formula is C14H28N2O. The quantitative estimate of drug-likeness (QED) is 0.767. The minimum absolute atomic E-state index is 0.424. The van der Waals surface area contributed by atoms with Crippen molar-refractivity contribution in [3.8, 4) is 0 Å². The van der Waals surface area contributed by atoms with E-state index in [4.69, 9.17) is 4.74 Å². The van der Waals surface area contributed by atoms with Gasteiger partial charge in [0.05, 0.1) is 6.61 Å². The van der Waals surface area contributed by atoms with Crippen LogP contribution in [0.2, 0.25) is 0 Å². The third kappa shape index (κ3) is 4.57. The molecule has 2 rings (SSSR count). The van der Waals surface area contributed by atoms with Gasteiger partial charge in [-0.25, -0.2) is 0 Å². The molecule has 2 fully saturated rings. The van der Waals surface area contributed by atoms with E-state index in [-0.39, 0.29) is 0 Å². The number of hydrogen-bond acceptors (Lipinski definition) is 3. The average molecular weight is 240 g/mol. The van der Waals surface area contributed by atoms with Crippen molar-refractivity contribution in [1.82, 2.24) is 10.2 Å². The Hall–Kier alpha value is -0.120. The third-order valence-corrected chi connectivity index (χ3v) is 4.17. The number of rotatable bonds is 6. The lowest BCUT2D eigenvalue weighted by molar-refractivity contribution is 0.124. The van der Waals surface area contributed by atoms with E-state index in [1.807, 2.05) is 0 Å². The fourth-order valence-electron chi connectivity index (χ4n) is 2.47. The maximum Gasteiger partial charge on any atom is 0.0593 e. The maximum absolute atomic E-state index is 5.52. The largest absolute Gasteiger partial charge is 0.380 e. The summed E-state index contributed by atoms with van der Waals surface area (Å²) in [7, 11) is 0. The molecule has 2 aliphatic rings. The molecule has 3 nitrogen and oxygen atoms in total. The third-order valence-electron chi connectivity index (χ3n) is 4.17. The number of hydrogen-bond donors (Lipinski definition) is 1. The minimum Gasteiger partial charge on any atom is -0.380 e. The Kier molecular flexibility index (Phi) is 4.83. The predicted molar refractivity (Wildman–Crippen MR) is 71.3 cm³/mol. The molecular weight excluding hydrogens is 212 g/mol. The van der Waals surface area contributed by atoms with E-state index in [1.54, 1.807) is 0 Å². The van der Waals surface area contributed by atoms with Crippen LogP contribution in [0.25, 0.3) is 0 Å². The molecule has 0 bridgehead atoms. The van der Waals surface area contributed by atoms with E-state index in [0.717, 1.165) is 25.8 Å². The Balaban J connectivity index is 1.78. The van der Waals surface area contributed by atoms with Crippen LogP contribution in [0.1, 0.15) is 39.5 Å². The van der Waals surface area contributed by atoms with Crippen molar-refractivity contribution in [1.29, 1.82) is 0 Å². The Labute approximate surface area is 106 Å². The summed E-state index contributed by atoms with van der Waals surface area (Å²) < 4.78 is 5.52. The second-order valence-corrected chi connectivity index (χ2v) is 6.06. The molecule has 0 radical (unpaired) electrons. The van der Waals surface area contributed by atoms with E-state index in [9.17, 15) is 0 Å². The molecule has 1 aliphatic heterocycles. The van der Waals surface area contributed by atoms with Crippen molar-refractivity contribution in [2.24, 2.45) is 5.41 Å². The van der Waals surface area contributed by atoms with E-state index in [2.05, 4.69) is 24.1 Å². The van der Waals surface area contributed by atoms with Crippen LogP contribution in [0.5, 0.6) is 0 Å². The predicted octanol–water partition coefficient (Wildman–Crippen LogP) is 1.88. The first-order valence-corrected chi connectivity index (χ1v) is 7.25. The van der Waals surface area contributed by atoms with E-state index >= 15 is 0 Å². The molecule has 1 N–H and O–H groups in total. The summed E-state index contributed by atoms with van der Waals surface area (Å²) >= 11 is 0. The van der Waals surface area contributed by atoms with Gasteiger partial charge in [-0.2, -0.15) is 0 Å². The molecule has 100 valence electrons. The van der Waals surface area contributed by atoms with Gasteiger partial charge in [0.1, 0.15) is 0 Å². The average Bonchev–Trinajstić information content (AvgIpc) is 3.14. The van der Waals surface area contributed by atoms with Crippen molar-refractivity contribution < 1.29 is 4.74 Å². The lowest BCUT2D eigenvalue weighted by Gasteiger charge is -2.34. The van der Waals surface area contributed by atoms with Crippen molar-refractivity contribution >= 4 is 0 Å². The molecule has 3 heteroatoms. The highest BCUT2D eigenvalue weighted by atomic mass is 16.5. The zero-order valence-corrected chi connectivity index (χ0v) is 11.5. The summed E-state index contributed by atoms with van der Waals surface area (Å²) in [5, 5.41) is 3.70. The Morgan fingerprint density at radius 1 is 1.29 bits per heavy atom. The van der Waals surface area contributed by atoms with Gasteiger partial charge >= 0.3 is 0 Å². The van der Waals surface area contributed by atoms with Crippen molar-refractivity contribution in [2.45, 2.75) is 45.6 Å². The first kappa shape index (κ1) is 13.3. The topological polar surface area (TPSA) is 24.5 Å². The highest BCUT2D eigenvalue weighted by Gasteiger charge is 2.29. The van der Waals surface area contributed by atoms with Gasteiger partial charge in [-0.15, -0.1) is 0 Å². The number of nitrogens with one attached hydrogen (secondary N) is 1. The molecule has 1 heterocycles. The van der Waals surface area contributed by atoms with Crippen LogP contribution < -0.4 is 5.32 Å². The van der Waals surface area contributed by atoms with Gasteiger partial charge in [-0.3, -0.25) is 0 Å². The molecule has 0 aromatic rings. The zero-order valence-electron chi connectivity index (χ0n) is 11.5. The molecule has 1 atom stereocenters. The Bertz CT molecular complexity index is 222. The van der Waals surface area contributed by atoms with Crippen molar-refractivity contribution in [3.63, 3.8) is 0 Å². The summed E-state index contributed by atoms with van der Waals surface area (Å²) in [4.78, 5) is 2.59. The van der Waals surface area contributed by atoms with Crippen LogP contribution in [0.3, 0.4) is 0 Å². The first-order chi connectivity index (χ1) is 8.22. The summed E-state index contributed by atoms with van der Waals surface area (Å²) in [6, 6.07) is 0.827. The van der Waals surface area contributed by atoms with Crippen LogP contribution in [0, 0.1) is 5.41 Å². The highest BCUT2D eigenvalue weighted by Crippen LogP contribution is 2.25. The first-order valence-electron chi connectivity index (χ1n) is 7.25. The van der Waals surface area contributed by atoms with Gasteiger partial charge < -0.3 is 15.0 Å². The molecule has 1 aliphatic carbocycles. The molecule has 1 saturated carbocycles. The Morgan fingerprint density at radius 3 is 2.82 bits per heavy atom. The van der Waals surface area contributed by atoms with Crippen LogP contribution in [-0.4, -0.2) is 50.3 Å². The van der Waals surface area contributed by atoms with Crippen LogP contribution in [-0.2, 0) is 4.74 Å². The zero-order chi connectivity index (χ0) is 12.1. The van der Waals surface area contributed by atoms with Gasteiger partial charge in [-0.1, -0.05) is 13.8 Å². The lowest BCUT2D eigenvalue weighted by atomic mass is 9.86. The van der Waals surface area contributed by atoms with Crippen molar-refractivity contribution in [3.05, 3.63) is 0 Å². The van der Waals surface area contributed by atoms with E-state index in [0.29, 0.717) is 5.41 Å². The monoisotopic (exact) mass is 240 g/mol. The fraction of sp³-hybridized carbons (Fsp3) is 1.00.